The van der Waals surface area contributed by atoms with Gasteiger partial charge < -0.3 is 5.43 Å². The van der Waals surface area contributed by atoms with Gasteiger partial charge in [0.05, 0.1) is 10.6 Å². The van der Waals surface area contributed by atoms with Crippen molar-refractivity contribution in [3.63, 3.8) is 0 Å². The summed E-state index contributed by atoms with van der Waals surface area (Å²) in [5.41, 5.74) is 4.23. The average Bonchev–Trinajstić information content (AvgIpc) is 3.13. The number of hydrogen-bond donors (Lipinski definition) is 2. The summed E-state index contributed by atoms with van der Waals surface area (Å²) in [7, 11) is 0. The smallest absolute Gasteiger partial charge is 0.152 e. The Hall–Kier alpha value is -0.850. The molecule has 6 heteroatoms. The van der Waals surface area contributed by atoms with Crippen molar-refractivity contribution in [1.82, 2.24) is 9.97 Å². The summed E-state index contributed by atoms with van der Waals surface area (Å²) in [5.74, 6) is 8.70. The summed E-state index contributed by atoms with van der Waals surface area (Å²) in [4.78, 5) is 12.1. The van der Waals surface area contributed by atoms with Crippen molar-refractivity contribution in [3.8, 4) is 0 Å². The van der Waals surface area contributed by atoms with Gasteiger partial charge >= 0.3 is 0 Å². The molecule has 1 aliphatic heterocycles. The molecule has 4 rings (SSSR count). The maximum absolute atomic E-state index is 5.69. The van der Waals surface area contributed by atoms with Gasteiger partial charge in [-0.15, -0.1) is 11.3 Å². The molecule has 0 bridgehead atoms. The molecule has 1 unspecified atom stereocenters. The molecule has 19 heavy (non-hydrogen) atoms. The van der Waals surface area contributed by atoms with Crippen LogP contribution in [0.2, 0.25) is 0 Å². The Morgan fingerprint density at radius 1 is 1.21 bits per heavy atom. The van der Waals surface area contributed by atoms with Gasteiger partial charge in [0, 0.05) is 4.88 Å². The van der Waals surface area contributed by atoms with Crippen LogP contribution < -0.4 is 11.3 Å². The number of nitrogens with two attached hydrogens (primary N) is 1. The van der Waals surface area contributed by atoms with Crippen LogP contribution in [0.3, 0.4) is 0 Å². The molecule has 0 aromatic carbocycles. The molecule has 0 saturated carbocycles. The molecule has 3 heterocycles. The first-order valence-electron chi connectivity index (χ1n) is 6.77. The first-order chi connectivity index (χ1) is 9.36. The van der Waals surface area contributed by atoms with Crippen molar-refractivity contribution in [1.29, 1.82) is 0 Å². The predicted molar refractivity (Wildman–Crippen MR) is 81.7 cm³/mol. The first kappa shape index (κ1) is 11.9. The minimum absolute atomic E-state index is 0.452. The molecule has 2 aromatic rings. The summed E-state index contributed by atoms with van der Waals surface area (Å²) >= 11 is 3.80. The third kappa shape index (κ3) is 1.85. The maximum Gasteiger partial charge on any atom is 0.152 e. The average molecular weight is 292 g/mol. The monoisotopic (exact) mass is 292 g/mol. The van der Waals surface area contributed by atoms with E-state index in [0.717, 1.165) is 22.9 Å². The predicted octanol–water partition coefficient (Wildman–Crippen LogP) is 3.03. The van der Waals surface area contributed by atoms with Crippen LogP contribution in [0, 0.1) is 0 Å². The second kappa shape index (κ2) is 4.61. The van der Waals surface area contributed by atoms with Crippen molar-refractivity contribution < 1.29 is 0 Å². The fourth-order valence-corrected chi connectivity index (χ4v) is 5.52. The topological polar surface area (TPSA) is 63.8 Å². The van der Waals surface area contributed by atoms with Crippen LogP contribution in [0.15, 0.2) is 0 Å². The van der Waals surface area contributed by atoms with Gasteiger partial charge in [-0.05, 0) is 43.4 Å². The molecule has 3 N–H and O–H groups in total. The second-order valence-electron chi connectivity index (χ2n) is 5.11. The molecule has 1 aliphatic carbocycles. The summed E-state index contributed by atoms with van der Waals surface area (Å²) in [6, 6.07) is 0. The lowest BCUT2D eigenvalue weighted by molar-refractivity contribution is 0.784. The Bertz CT molecular complexity index is 631. The molecule has 2 aliphatic rings. The lowest BCUT2D eigenvalue weighted by atomic mass is 10.2. The Labute approximate surface area is 120 Å². The fraction of sp³-hybridized carbons (Fsp3) is 0.538. The quantitative estimate of drug-likeness (QED) is 0.658. The lowest BCUT2D eigenvalue weighted by Gasteiger charge is -2.10. The molecule has 2 aromatic heterocycles. The molecule has 0 amide bonds. The van der Waals surface area contributed by atoms with E-state index < -0.39 is 0 Å². The Kier molecular flexibility index (Phi) is 2.90. The van der Waals surface area contributed by atoms with Gasteiger partial charge in [0.15, 0.2) is 5.82 Å². The van der Waals surface area contributed by atoms with E-state index in [-0.39, 0.29) is 0 Å². The van der Waals surface area contributed by atoms with Crippen LogP contribution in [0.5, 0.6) is 0 Å². The molecule has 1 fully saturated rings. The Morgan fingerprint density at radius 3 is 2.95 bits per heavy atom. The van der Waals surface area contributed by atoms with E-state index in [1.165, 1.54) is 47.3 Å². The van der Waals surface area contributed by atoms with E-state index in [4.69, 9.17) is 10.8 Å². The van der Waals surface area contributed by atoms with Crippen molar-refractivity contribution >= 4 is 39.1 Å². The Balaban J connectivity index is 1.90. The third-order valence-electron chi connectivity index (χ3n) is 3.94. The zero-order valence-electron chi connectivity index (χ0n) is 10.6. The highest BCUT2D eigenvalue weighted by Crippen LogP contribution is 2.43. The number of hydrogen-bond acceptors (Lipinski definition) is 6. The number of rotatable bonds is 2. The van der Waals surface area contributed by atoms with Crippen molar-refractivity contribution in [2.45, 2.75) is 37.4 Å². The summed E-state index contributed by atoms with van der Waals surface area (Å²) in [6.07, 6.45) is 6.04. The van der Waals surface area contributed by atoms with Gasteiger partial charge in [-0.3, -0.25) is 0 Å². The molecule has 1 atom stereocenters. The van der Waals surface area contributed by atoms with E-state index in [0.29, 0.717) is 5.25 Å². The van der Waals surface area contributed by atoms with Gasteiger partial charge in [0.25, 0.3) is 0 Å². The standard InChI is InChI=1S/C13H16N4S2/c14-17-12-10-7-3-1-4-8(7)19-13(10)16-11(15-12)9-5-2-6-18-9/h9H,1-6,14H2,(H,15,16,17). The van der Waals surface area contributed by atoms with E-state index in [1.807, 2.05) is 23.1 Å². The van der Waals surface area contributed by atoms with Gasteiger partial charge in [0.2, 0.25) is 0 Å². The van der Waals surface area contributed by atoms with Gasteiger partial charge in [-0.1, -0.05) is 0 Å². The van der Waals surface area contributed by atoms with Gasteiger partial charge in [0.1, 0.15) is 10.7 Å². The molecule has 1 saturated heterocycles. The van der Waals surface area contributed by atoms with E-state index >= 15 is 0 Å². The largest absolute Gasteiger partial charge is 0.308 e. The van der Waals surface area contributed by atoms with Gasteiger partial charge in [-0.2, -0.15) is 11.8 Å². The fourth-order valence-electron chi connectivity index (χ4n) is 3.04. The van der Waals surface area contributed by atoms with Crippen molar-refractivity contribution in [3.05, 3.63) is 16.3 Å². The number of nitrogens with zero attached hydrogens (tertiary/aromatic N) is 2. The minimum Gasteiger partial charge on any atom is -0.308 e. The SMILES string of the molecule is NNc1nc(C2CCCS2)nc2sc3c(c12)CCC3. The number of thioether (sulfide) groups is 1. The summed E-state index contributed by atoms with van der Waals surface area (Å²) < 4.78 is 0. The highest BCUT2D eigenvalue weighted by atomic mass is 32.2. The molecular formula is C13H16N4S2. The highest BCUT2D eigenvalue weighted by molar-refractivity contribution is 7.99. The van der Waals surface area contributed by atoms with Crippen molar-refractivity contribution in [2.75, 3.05) is 11.2 Å². The van der Waals surface area contributed by atoms with Crippen molar-refractivity contribution in [2.24, 2.45) is 5.84 Å². The number of aromatic nitrogens is 2. The molecule has 100 valence electrons. The zero-order chi connectivity index (χ0) is 12.8. The van der Waals surface area contributed by atoms with Crippen LogP contribution >= 0.6 is 23.1 Å². The van der Waals surface area contributed by atoms with Crippen LogP contribution in [0.4, 0.5) is 5.82 Å². The Morgan fingerprint density at radius 2 is 2.16 bits per heavy atom. The lowest BCUT2D eigenvalue weighted by Crippen LogP contribution is -2.11. The number of fused-ring (bicyclic) bond motifs is 3. The normalized spacial score (nSPS) is 22.1. The van der Waals surface area contributed by atoms with E-state index in [1.54, 1.807) is 0 Å². The number of hydrazine groups is 1. The molecule has 0 spiro atoms. The third-order valence-corrected chi connectivity index (χ3v) is 6.50. The number of thiophene rings is 1. The number of nitrogen functional groups attached to an aromatic ring is 1. The van der Waals surface area contributed by atoms with E-state index in [2.05, 4.69) is 10.4 Å². The number of nitrogens with one attached hydrogen (secondary N) is 1. The first-order valence-corrected chi connectivity index (χ1v) is 8.64. The highest BCUT2D eigenvalue weighted by Gasteiger charge is 2.26. The number of anilines is 1. The minimum atomic E-state index is 0.452. The van der Waals surface area contributed by atoms with Crippen LogP contribution in [-0.4, -0.2) is 15.7 Å². The second-order valence-corrected chi connectivity index (χ2v) is 7.51. The zero-order valence-corrected chi connectivity index (χ0v) is 12.2. The van der Waals surface area contributed by atoms with Gasteiger partial charge in [-0.25, -0.2) is 15.8 Å². The molecule has 0 radical (unpaired) electrons. The van der Waals surface area contributed by atoms with Crippen LogP contribution in [-0.2, 0) is 12.8 Å². The summed E-state index contributed by atoms with van der Waals surface area (Å²) in [6.45, 7) is 0. The molecular weight excluding hydrogens is 276 g/mol. The number of aryl methyl sites for hydroxylation is 2. The molecule has 4 nitrogen and oxygen atoms in total. The maximum atomic E-state index is 5.69. The van der Waals surface area contributed by atoms with Crippen LogP contribution in [0.1, 0.15) is 40.8 Å². The van der Waals surface area contributed by atoms with E-state index in [9.17, 15) is 0 Å². The summed E-state index contributed by atoms with van der Waals surface area (Å²) in [5, 5.41) is 1.63. The van der Waals surface area contributed by atoms with Crippen LogP contribution in [0.25, 0.3) is 10.2 Å².